The molecule has 0 bridgehead atoms. The van der Waals surface area contributed by atoms with E-state index in [9.17, 15) is 0 Å². The van der Waals surface area contributed by atoms with Gasteiger partial charge in [0.05, 0.1) is 0 Å². The number of aryl methyl sites for hydroxylation is 2. The summed E-state index contributed by atoms with van der Waals surface area (Å²) in [4.78, 5) is 4.27. The molecular weight excluding hydrogens is 204 g/mol. The van der Waals surface area contributed by atoms with Crippen LogP contribution in [0.2, 0.25) is 0 Å². The van der Waals surface area contributed by atoms with E-state index in [-0.39, 0.29) is 0 Å². The van der Waals surface area contributed by atoms with Crippen LogP contribution in [0.4, 0.5) is 0 Å². The third-order valence-electron chi connectivity index (χ3n) is 2.24. The minimum atomic E-state index is 1.08. The Morgan fingerprint density at radius 1 is 1.27 bits per heavy atom. The first-order valence-electron chi connectivity index (χ1n) is 5.00. The Hall–Kier alpha value is -1.22. The number of thioether (sulfide) groups is 1. The maximum Gasteiger partial charge on any atom is 0.167 e. The lowest BCUT2D eigenvalue weighted by atomic mass is 10.2. The van der Waals surface area contributed by atoms with Gasteiger partial charge in [-0.3, -0.25) is 0 Å². The summed E-state index contributed by atoms with van der Waals surface area (Å²) in [7, 11) is 2.03. The van der Waals surface area contributed by atoms with Crippen LogP contribution in [0, 0.1) is 0 Å². The van der Waals surface area contributed by atoms with Crippen molar-refractivity contribution in [3.63, 3.8) is 0 Å². The van der Waals surface area contributed by atoms with E-state index in [4.69, 9.17) is 0 Å². The molecule has 0 unspecified atom stereocenters. The average Bonchev–Trinajstić information content (AvgIpc) is 2.66. The van der Waals surface area contributed by atoms with Crippen molar-refractivity contribution in [3.8, 4) is 0 Å². The molecule has 1 aromatic carbocycles. The molecule has 0 atom stereocenters. The van der Waals surface area contributed by atoms with Crippen LogP contribution in [0.5, 0.6) is 0 Å². The van der Waals surface area contributed by atoms with Crippen molar-refractivity contribution < 1.29 is 0 Å². The predicted molar refractivity (Wildman–Crippen MR) is 64.1 cm³/mol. The predicted octanol–water partition coefficient (Wildman–Crippen LogP) is 2.75. The first-order chi connectivity index (χ1) is 7.36. The van der Waals surface area contributed by atoms with Crippen molar-refractivity contribution in [3.05, 3.63) is 48.3 Å². The van der Waals surface area contributed by atoms with Crippen LogP contribution in [0.25, 0.3) is 0 Å². The molecule has 0 radical (unpaired) electrons. The Kier molecular flexibility index (Phi) is 3.45. The van der Waals surface area contributed by atoms with Crippen LogP contribution in [0.3, 0.4) is 0 Å². The molecule has 0 N–H and O–H groups in total. The lowest BCUT2D eigenvalue weighted by Crippen LogP contribution is -1.92. The van der Waals surface area contributed by atoms with E-state index in [0.29, 0.717) is 0 Å². The summed E-state index contributed by atoms with van der Waals surface area (Å²) in [5.41, 5.74) is 1.39. The van der Waals surface area contributed by atoms with Gasteiger partial charge in [0.1, 0.15) is 0 Å². The van der Waals surface area contributed by atoms with E-state index in [2.05, 4.69) is 39.9 Å². The first-order valence-corrected chi connectivity index (χ1v) is 5.99. The molecule has 0 fully saturated rings. The van der Waals surface area contributed by atoms with Crippen LogP contribution in [-0.4, -0.2) is 15.3 Å². The molecule has 0 amide bonds. The average molecular weight is 218 g/mol. The maximum atomic E-state index is 4.27. The number of imidazole rings is 1. The second-order valence-electron chi connectivity index (χ2n) is 3.40. The maximum absolute atomic E-state index is 4.27. The van der Waals surface area contributed by atoms with Gasteiger partial charge >= 0.3 is 0 Å². The Labute approximate surface area is 94.3 Å². The van der Waals surface area contributed by atoms with Crippen LogP contribution in [0.15, 0.2) is 47.9 Å². The highest BCUT2D eigenvalue weighted by molar-refractivity contribution is 7.99. The van der Waals surface area contributed by atoms with Gasteiger partial charge in [0, 0.05) is 25.2 Å². The number of nitrogens with zero attached hydrogens (tertiary/aromatic N) is 2. The van der Waals surface area contributed by atoms with Crippen molar-refractivity contribution >= 4 is 11.8 Å². The van der Waals surface area contributed by atoms with Gasteiger partial charge in [-0.25, -0.2) is 4.98 Å². The zero-order valence-electron chi connectivity index (χ0n) is 8.76. The molecule has 2 nitrogen and oxygen atoms in total. The van der Waals surface area contributed by atoms with Crippen LogP contribution in [-0.2, 0) is 13.5 Å². The van der Waals surface area contributed by atoms with Crippen molar-refractivity contribution in [1.82, 2.24) is 9.55 Å². The minimum absolute atomic E-state index is 1.08. The van der Waals surface area contributed by atoms with Gasteiger partial charge in [-0.2, -0.15) is 0 Å². The second kappa shape index (κ2) is 5.03. The molecule has 0 saturated heterocycles. The fraction of sp³-hybridized carbons (Fsp3) is 0.250. The highest BCUT2D eigenvalue weighted by atomic mass is 32.2. The quantitative estimate of drug-likeness (QED) is 0.734. The fourth-order valence-electron chi connectivity index (χ4n) is 1.40. The van der Waals surface area contributed by atoms with Gasteiger partial charge in [-0.1, -0.05) is 42.1 Å². The van der Waals surface area contributed by atoms with Gasteiger partial charge in [-0.05, 0) is 12.0 Å². The van der Waals surface area contributed by atoms with Gasteiger partial charge < -0.3 is 4.57 Å². The molecule has 0 spiro atoms. The largest absolute Gasteiger partial charge is 0.329 e. The van der Waals surface area contributed by atoms with Crippen molar-refractivity contribution in [2.24, 2.45) is 7.05 Å². The fourth-order valence-corrected chi connectivity index (χ4v) is 2.32. The molecule has 2 rings (SSSR count). The number of rotatable bonds is 4. The number of benzene rings is 1. The van der Waals surface area contributed by atoms with E-state index < -0.39 is 0 Å². The Morgan fingerprint density at radius 3 is 2.73 bits per heavy atom. The minimum Gasteiger partial charge on any atom is -0.329 e. The van der Waals surface area contributed by atoms with Gasteiger partial charge in [0.25, 0.3) is 0 Å². The summed E-state index contributed by atoms with van der Waals surface area (Å²) in [5, 5.41) is 1.09. The zero-order chi connectivity index (χ0) is 10.5. The Bertz CT molecular complexity index is 409. The molecule has 78 valence electrons. The molecule has 0 aliphatic carbocycles. The molecular formula is C12H14N2S. The second-order valence-corrected chi connectivity index (χ2v) is 4.47. The van der Waals surface area contributed by atoms with Crippen LogP contribution in [0.1, 0.15) is 5.56 Å². The highest BCUT2D eigenvalue weighted by Crippen LogP contribution is 2.15. The lowest BCUT2D eigenvalue weighted by molar-refractivity contribution is 0.789. The monoisotopic (exact) mass is 218 g/mol. The molecule has 3 heteroatoms. The molecule has 0 aliphatic rings. The smallest absolute Gasteiger partial charge is 0.167 e. The molecule has 1 aromatic heterocycles. The zero-order valence-corrected chi connectivity index (χ0v) is 9.57. The molecule has 0 aliphatic heterocycles. The van der Waals surface area contributed by atoms with Crippen LogP contribution >= 0.6 is 11.8 Å². The summed E-state index contributed by atoms with van der Waals surface area (Å²) in [5.74, 6) is 1.08. The SMILES string of the molecule is Cn1ccnc1SCCc1ccccc1. The van der Waals surface area contributed by atoms with Crippen molar-refractivity contribution in [2.45, 2.75) is 11.6 Å². The number of hydrogen-bond donors (Lipinski definition) is 0. The van der Waals surface area contributed by atoms with Gasteiger partial charge in [0.2, 0.25) is 0 Å². The Morgan fingerprint density at radius 2 is 2.07 bits per heavy atom. The normalized spacial score (nSPS) is 10.5. The summed E-state index contributed by atoms with van der Waals surface area (Å²) in [6.45, 7) is 0. The summed E-state index contributed by atoms with van der Waals surface area (Å²) in [6.07, 6.45) is 4.91. The number of aromatic nitrogens is 2. The van der Waals surface area contributed by atoms with E-state index in [1.54, 1.807) is 11.8 Å². The highest BCUT2D eigenvalue weighted by Gasteiger charge is 1.99. The first kappa shape index (κ1) is 10.3. The van der Waals surface area contributed by atoms with Crippen molar-refractivity contribution in [1.29, 1.82) is 0 Å². The standard InChI is InChI=1S/C12H14N2S/c1-14-9-8-13-12(14)15-10-7-11-5-3-2-4-6-11/h2-6,8-9H,7,10H2,1H3. The molecule has 1 heterocycles. The molecule has 0 saturated carbocycles. The van der Waals surface area contributed by atoms with E-state index >= 15 is 0 Å². The molecule has 2 aromatic rings. The Balaban J connectivity index is 1.83. The topological polar surface area (TPSA) is 17.8 Å². The van der Waals surface area contributed by atoms with Crippen molar-refractivity contribution in [2.75, 3.05) is 5.75 Å². The summed E-state index contributed by atoms with van der Waals surface area (Å²) in [6, 6.07) is 10.6. The third-order valence-corrected chi connectivity index (χ3v) is 3.30. The number of hydrogen-bond acceptors (Lipinski definition) is 2. The van der Waals surface area contributed by atoms with E-state index in [1.165, 1.54) is 5.56 Å². The van der Waals surface area contributed by atoms with E-state index in [0.717, 1.165) is 17.3 Å². The lowest BCUT2D eigenvalue weighted by Gasteiger charge is -2.01. The van der Waals surface area contributed by atoms with Gasteiger partial charge in [0.15, 0.2) is 5.16 Å². The van der Waals surface area contributed by atoms with E-state index in [1.807, 2.05) is 19.4 Å². The van der Waals surface area contributed by atoms with Gasteiger partial charge in [-0.15, -0.1) is 0 Å². The third kappa shape index (κ3) is 2.86. The summed E-state index contributed by atoms with van der Waals surface area (Å²) >= 11 is 1.80. The summed E-state index contributed by atoms with van der Waals surface area (Å²) < 4.78 is 2.05. The van der Waals surface area contributed by atoms with Crippen LogP contribution < -0.4 is 0 Å². The molecule has 15 heavy (non-hydrogen) atoms.